The molecule has 2 saturated heterocycles. The summed E-state index contributed by atoms with van der Waals surface area (Å²) >= 11 is 0. The first-order valence-corrected chi connectivity index (χ1v) is 9.09. The Hall–Kier alpha value is -2.05. The summed E-state index contributed by atoms with van der Waals surface area (Å²) in [4.78, 5) is 17.8. The molecule has 3 heterocycles. The average Bonchev–Trinajstić information content (AvgIpc) is 3.11. The Morgan fingerprint density at radius 1 is 1.24 bits per heavy atom. The molecule has 0 saturated carbocycles. The van der Waals surface area contributed by atoms with Gasteiger partial charge in [-0.3, -0.25) is 0 Å². The largest absolute Gasteiger partial charge is 0.376 e. The van der Waals surface area contributed by atoms with E-state index in [1.54, 1.807) is 0 Å². The molecule has 2 amide bonds. The van der Waals surface area contributed by atoms with E-state index in [1.165, 1.54) is 16.6 Å². The second-order valence-electron chi connectivity index (χ2n) is 6.83. The van der Waals surface area contributed by atoms with Crippen LogP contribution in [-0.4, -0.2) is 61.5 Å². The molecule has 1 atom stereocenters. The molecule has 4 rings (SSSR count). The Morgan fingerprint density at radius 2 is 2.08 bits per heavy atom. The molecule has 0 bridgehead atoms. The standard InChI is InChI=1S/C19H25N3O3/c23-19(20-12-16-13-24-9-10-25-16)22-7-5-14(6-8-22)18-11-15-3-1-2-4-17(15)21-18/h1-4,11,14,16,21H,5-10,12-13H2,(H,20,23). The Kier molecular flexibility index (Phi) is 4.90. The van der Waals surface area contributed by atoms with E-state index in [-0.39, 0.29) is 12.1 Å². The van der Waals surface area contributed by atoms with E-state index >= 15 is 0 Å². The maximum absolute atomic E-state index is 12.3. The van der Waals surface area contributed by atoms with Gasteiger partial charge in [0, 0.05) is 36.8 Å². The molecule has 1 aromatic heterocycles. The summed E-state index contributed by atoms with van der Waals surface area (Å²) < 4.78 is 10.9. The van der Waals surface area contributed by atoms with Crippen LogP contribution in [0.3, 0.4) is 0 Å². The number of benzene rings is 1. The number of nitrogens with one attached hydrogen (secondary N) is 2. The number of carbonyl (C=O) groups excluding carboxylic acids is 1. The van der Waals surface area contributed by atoms with Gasteiger partial charge in [-0.05, 0) is 30.4 Å². The van der Waals surface area contributed by atoms with Crippen LogP contribution in [0.15, 0.2) is 30.3 Å². The number of aromatic nitrogens is 1. The van der Waals surface area contributed by atoms with Crippen LogP contribution in [0, 0.1) is 0 Å². The smallest absolute Gasteiger partial charge is 0.317 e. The van der Waals surface area contributed by atoms with Gasteiger partial charge in [-0.2, -0.15) is 0 Å². The van der Waals surface area contributed by atoms with Crippen molar-refractivity contribution in [3.05, 3.63) is 36.0 Å². The lowest BCUT2D eigenvalue weighted by molar-refractivity contribution is -0.0856. The number of piperidine rings is 1. The molecular formula is C19H25N3O3. The van der Waals surface area contributed by atoms with Gasteiger partial charge in [0.05, 0.1) is 25.9 Å². The fourth-order valence-corrected chi connectivity index (χ4v) is 3.68. The number of amides is 2. The number of nitrogens with zero attached hydrogens (tertiary/aromatic N) is 1. The van der Waals surface area contributed by atoms with Crippen LogP contribution >= 0.6 is 0 Å². The number of likely N-dealkylation sites (tertiary alicyclic amines) is 1. The lowest BCUT2D eigenvalue weighted by Crippen LogP contribution is -2.47. The Balaban J connectivity index is 1.28. The number of hydrogen-bond acceptors (Lipinski definition) is 3. The van der Waals surface area contributed by atoms with Crippen molar-refractivity contribution in [3.8, 4) is 0 Å². The minimum atomic E-state index is -0.0263. The van der Waals surface area contributed by atoms with Crippen LogP contribution in [-0.2, 0) is 9.47 Å². The van der Waals surface area contributed by atoms with Crippen LogP contribution in [0.5, 0.6) is 0 Å². The minimum Gasteiger partial charge on any atom is -0.376 e. The molecule has 6 heteroatoms. The summed E-state index contributed by atoms with van der Waals surface area (Å²) in [6.07, 6.45) is 1.95. The quantitative estimate of drug-likeness (QED) is 0.900. The summed E-state index contributed by atoms with van der Waals surface area (Å²) in [5, 5.41) is 4.23. The zero-order valence-corrected chi connectivity index (χ0v) is 14.4. The Morgan fingerprint density at radius 3 is 2.84 bits per heavy atom. The number of para-hydroxylation sites is 1. The summed E-state index contributed by atoms with van der Waals surface area (Å²) in [6, 6.07) is 10.6. The second-order valence-corrected chi connectivity index (χ2v) is 6.83. The molecule has 2 N–H and O–H groups in total. The number of H-pyrrole nitrogens is 1. The van der Waals surface area contributed by atoms with Crippen LogP contribution in [0.1, 0.15) is 24.5 Å². The third kappa shape index (κ3) is 3.80. The second kappa shape index (κ2) is 7.45. The SMILES string of the molecule is O=C(NCC1COCCO1)N1CCC(c2cc3ccccc3[nH]2)CC1. The van der Waals surface area contributed by atoms with Gasteiger partial charge >= 0.3 is 6.03 Å². The highest BCUT2D eigenvalue weighted by molar-refractivity contribution is 5.80. The zero-order chi connectivity index (χ0) is 17.1. The monoisotopic (exact) mass is 343 g/mol. The highest BCUT2D eigenvalue weighted by atomic mass is 16.6. The molecule has 0 spiro atoms. The van der Waals surface area contributed by atoms with Crippen molar-refractivity contribution >= 4 is 16.9 Å². The number of hydrogen-bond donors (Lipinski definition) is 2. The van der Waals surface area contributed by atoms with E-state index in [4.69, 9.17) is 9.47 Å². The molecule has 1 unspecified atom stereocenters. The van der Waals surface area contributed by atoms with Gasteiger partial charge < -0.3 is 24.7 Å². The third-order valence-corrected chi connectivity index (χ3v) is 5.14. The van der Waals surface area contributed by atoms with Gasteiger partial charge in [-0.25, -0.2) is 4.79 Å². The van der Waals surface area contributed by atoms with Gasteiger partial charge in [0.2, 0.25) is 0 Å². The van der Waals surface area contributed by atoms with Gasteiger partial charge in [0.15, 0.2) is 0 Å². The molecule has 2 aromatic rings. The number of aromatic amines is 1. The first kappa shape index (κ1) is 16.4. The molecule has 25 heavy (non-hydrogen) atoms. The highest BCUT2D eigenvalue weighted by Crippen LogP contribution is 2.29. The van der Waals surface area contributed by atoms with Crippen molar-refractivity contribution in [3.63, 3.8) is 0 Å². The van der Waals surface area contributed by atoms with Gasteiger partial charge in [-0.15, -0.1) is 0 Å². The predicted molar refractivity (Wildman–Crippen MR) is 95.8 cm³/mol. The maximum Gasteiger partial charge on any atom is 0.317 e. The first-order valence-electron chi connectivity index (χ1n) is 9.09. The molecule has 2 fully saturated rings. The Labute approximate surface area is 147 Å². The van der Waals surface area contributed by atoms with Crippen LogP contribution in [0.25, 0.3) is 10.9 Å². The summed E-state index contributed by atoms with van der Waals surface area (Å²) in [5.74, 6) is 0.492. The van der Waals surface area contributed by atoms with E-state index < -0.39 is 0 Å². The molecule has 0 aliphatic carbocycles. The molecule has 0 radical (unpaired) electrons. The first-order chi connectivity index (χ1) is 12.3. The number of fused-ring (bicyclic) bond motifs is 1. The third-order valence-electron chi connectivity index (χ3n) is 5.14. The number of urea groups is 1. The van der Waals surface area contributed by atoms with Crippen LogP contribution < -0.4 is 5.32 Å². The van der Waals surface area contributed by atoms with Crippen LogP contribution in [0.4, 0.5) is 4.79 Å². The topological polar surface area (TPSA) is 66.6 Å². The van der Waals surface area contributed by atoms with Crippen molar-refractivity contribution in [1.29, 1.82) is 0 Å². The van der Waals surface area contributed by atoms with E-state index in [2.05, 4.69) is 40.6 Å². The molecule has 2 aliphatic heterocycles. The van der Waals surface area contributed by atoms with Crippen molar-refractivity contribution in [2.75, 3.05) is 39.5 Å². The van der Waals surface area contributed by atoms with Crippen molar-refractivity contribution in [2.45, 2.75) is 24.9 Å². The van der Waals surface area contributed by atoms with Crippen LogP contribution in [0.2, 0.25) is 0 Å². The average molecular weight is 343 g/mol. The van der Waals surface area contributed by atoms with Crippen molar-refractivity contribution in [1.82, 2.24) is 15.2 Å². The summed E-state index contributed by atoms with van der Waals surface area (Å²) in [5.41, 5.74) is 2.47. The minimum absolute atomic E-state index is 0.00395. The van der Waals surface area contributed by atoms with E-state index in [9.17, 15) is 4.79 Å². The summed E-state index contributed by atoms with van der Waals surface area (Å²) in [6.45, 7) is 3.90. The molecule has 6 nitrogen and oxygen atoms in total. The van der Waals surface area contributed by atoms with Crippen molar-refractivity contribution < 1.29 is 14.3 Å². The van der Waals surface area contributed by atoms with Gasteiger partial charge in [-0.1, -0.05) is 18.2 Å². The lowest BCUT2D eigenvalue weighted by Gasteiger charge is -2.32. The number of carbonyl (C=O) groups is 1. The fraction of sp³-hybridized carbons (Fsp3) is 0.526. The molecule has 134 valence electrons. The van der Waals surface area contributed by atoms with Gasteiger partial charge in [0.25, 0.3) is 0 Å². The van der Waals surface area contributed by atoms with E-state index in [0.29, 0.717) is 32.3 Å². The maximum atomic E-state index is 12.3. The zero-order valence-electron chi connectivity index (χ0n) is 14.4. The molecular weight excluding hydrogens is 318 g/mol. The normalized spacial score (nSPS) is 22.2. The number of ether oxygens (including phenoxy) is 2. The number of rotatable bonds is 3. The lowest BCUT2D eigenvalue weighted by atomic mass is 9.94. The molecule has 1 aromatic carbocycles. The van der Waals surface area contributed by atoms with Gasteiger partial charge in [0.1, 0.15) is 0 Å². The van der Waals surface area contributed by atoms with E-state index in [0.717, 1.165) is 25.9 Å². The fourth-order valence-electron chi connectivity index (χ4n) is 3.68. The predicted octanol–water partition coefficient (Wildman–Crippen LogP) is 2.47. The Bertz CT molecular complexity index is 683. The summed E-state index contributed by atoms with van der Waals surface area (Å²) in [7, 11) is 0. The van der Waals surface area contributed by atoms with E-state index in [1.807, 2.05) is 4.90 Å². The highest BCUT2D eigenvalue weighted by Gasteiger charge is 2.25. The van der Waals surface area contributed by atoms with Crippen molar-refractivity contribution in [2.24, 2.45) is 0 Å². The molecule has 2 aliphatic rings.